The van der Waals surface area contributed by atoms with Crippen LogP contribution in [0.2, 0.25) is 0 Å². The maximum absolute atomic E-state index is 13.9. The Morgan fingerprint density at radius 1 is 1.16 bits per heavy atom. The molecule has 0 bridgehead atoms. The highest BCUT2D eigenvalue weighted by Crippen LogP contribution is 2.53. The SMILES string of the molecule is CN(C)[C@H]1C(O)C(C(N)=O)C(=O)[C@]2(O)C(=O)C3=C(O)c4c(O)ccc(-c5cccc(C=O)c5)c4C[C@@H]3C[C@H]12. The molecule has 0 aromatic heterocycles. The Hall–Kier alpha value is -3.86. The highest BCUT2D eigenvalue weighted by Gasteiger charge is 2.67. The van der Waals surface area contributed by atoms with Gasteiger partial charge in [-0.3, -0.25) is 19.2 Å². The number of rotatable bonds is 4. The van der Waals surface area contributed by atoms with E-state index in [0.29, 0.717) is 28.5 Å². The van der Waals surface area contributed by atoms with Crippen molar-refractivity contribution in [1.29, 1.82) is 0 Å². The number of phenolic OH excluding ortho intramolecular Hbond substituents is 1. The van der Waals surface area contributed by atoms with Gasteiger partial charge in [0.25, 0.3) is 0 Å². The number of aliphatic hydroxyl groups is 3. The molecule has 10 nitrogen and oxygen atoms in total. The van der Waals surface area contributed by atoms with Crippen molar-refractivity contribution in [3.05, 3.63) is 58.7 Å². The monoisotopic (exact) mass is 520 g/mol. The fourth-order valence-electron chi connectivity index (χ4n) is 6.65. The number of carbonyl (C=O) groups is 4. The lowest BCUT2D eigenvalue weighted by atomic mass is 9.54. The number of aldehydes is 1. The first-order valence-corrected chi connectivity index (χ1v) is 12.2. The average molecular weight is 521 g/mol. The number of aliphatic hydroxyl groups excluding tert-OH is 2. The molecule has 5 rings (SSSR count). The minimum atomic E-state index is -2.70. The van der Waals surface area contributed by atoms with Gasteiger partial charge in [-0.25, -0.2) is 0 Å². The Morgan fingerprint density at radius 3 is 2.50 bits per heavy atom. The number of aromatic hydroxyl groups is 1. The van der Waals surface area contributed by atoms with E-state index < -0.39 is 58.7 Å². The molecule has 2 aromatic carbocycles. The van der Waals surface area contributed by atoms with Crippen LogP contribution in [0.5, 0.6) is 5.75 Å². The van der Waals surface area contributed by atoms with E-state index >= 15 is 0 Å². The van der Waals surface area contributed by atoms with E-state index in [-0.39, 0.29) is 29.7 Å². The molecule has 2 aromatic rings. The molecule has 2 fully saturated rings. The van der Waals surface area contributed by atoms with E-state index in [1.165, 1.54) is 6.07 Å². The predicted molar refractivity (Wildman–Crippen MR) is 135 cm³/mol. The van der Waals surface area contributed by atoms with Crippen molar-refractivity contribution in [3.63, 3.8) is 0 Å². The highest BCUT2D eigenvalue weighted by molar-refractivity contribution is 6.25. The second kappa shape index (κ2) is 8.87. The molecule has 6 atom stereocenters. The topological polar surface area (TPSA) is 178 Å². The first-order chi connectivity index (χ1) is 17.9. The van der Waals surface area contributed by atoms with Gasteiger partial charge in [-0.2, -0.15) is 0 Å². The third-order valence-corrected chi connectivity index (χ3v) is 8.31. The van der Waals surface area contributed by atoms with E-state index in [1.54, 1.807) is 49.3 Å². The van der Waals surface area contributed by atoms with Crippen molar-refractivity contribution >= 4 is 29.5 Å². The van der Waals surface area contributed by atoms with Crippen molar-refractivity contribution < 1.29 is 39.6 Å². The van der Waals surface area contributed by atoms with Gasteiger partial charge in [-0.05, 0) is 61.7 Å². The van der Waals surface area contributed by atoms with E-state index in [0.717, 1.165) is 0 Å². The van der Waals surface area contributed by atoms with Crippen molar-refractivity contribution in [2.45, 2.75) is 30.6 Å². The Kier molecular flexibility index (Phi) is 6.01. The van der Waals surface area contributed by atoms with Crippen LogP contribution in [0.4, 0.5) is 0 Å². The molecule has 0 heterocycles. The first kappa shape index (κ1) is 25.8. The molecular formula is C28H28N2O8. The molecule has 6 N–H and O–H groups in total. The number of nitrogens with two attached hydrogens (primary N) is 1. The Labute approximate surface area is 218 Å². The van der Waals surface area contributed by atoms with Crippen LogP contribution in [0, 0.1) is 17.8 Å². The number of phenols is 1. The van der Waals surface area contributed by atoms with E-state index in [9.17, 15) is 39.6 Å². The summed E-state index contributed by atoms with van der Waals surface area (Å²) in [5.74, 6) is -7.85. The number of benzene rings is 2. The Morgan fingerprint density at radius 2 is 1.87 bits per heavy atom. The van der Waals surface area contributed by atoms with Gasteiger partial charge in [0, 0.05) is 23.1 Å². The summed E-state index contributed by atoms with van der Waals surface area (Å²) in [4.78, 5) is 52.3. The minimum absolute atomic E-state index is 0.000407. The zero-order chi connectivity index (χ0) is 27.7. The Balaban J connectivity index is 1.71. The van der Waals surface area contributed by atoms with Crippen LogP contribution in [0.3, 0.4) is 0 Å². The fraction of sp³-hybridized carbons (Fsp3) is 0.357. The molecular weight excluding hydrogens is 492 g/mol. The van der Waals surface area contributed by atoms with Gasteiger partial charge in [0.05, 0.1) is 11.7 Å². The molecule has 1 amide bonds. The number of fused-ring (bicyclic) bond motifs is 3. The van der Waals surface area contributed by atoms with Gasteiger partial charge >= 0.3 is 0 Å². The molecule has 3 aliphatic carbocycles. The third kappa shape index (κ3) is 3.44. The van der Waals surface area contributed by atoms with Crippen molar-refractivity contribution in [3.8, 4) is 16.9 Å². The van der Waals surface area contributed by atoms with Crippen LogP contribution in [-0.4, -0.2) is 80.9 Å². The molecule has 10 heteroatoms. The summed E-state index contributed by atoms with van der Waals surface area (Å²) in [7, 11) is 3.20. The lowest BCUT2D eigenvalue weighted by molar-refractivity contribution is -0.184. The smallest absolute Gasteiger partial charge is 0.230 e. The molecule has 0 aliphatic heterocycles. The standard InChI is InChI=1S/C28H28N2O8/c1-30(2)22-17-10-14-9-16-15(13-5-3-4-12(8-13)11-31)6-7-18(32)20(16)23(33)19(14)25(35)28(17,38)26(36)21(24(22)34)27(29)37/h3-8,11,14,17,21-22,24,32-34,38H,9-10H2,1-2H3,(H2,29,37)/t14-,17-,21?,22-,24?,28-/m1/s1. The van der Waals surface area contributed by atoms with Crippen LogP contribution in [0.25, 0.3) is 16.9 Å². The zero-order valence-corrected chi connectivity index (χ0v) is 20.8. The van der Waals surface area contributed by atoms with Gasteiger partial charge in [0.15, 0.2) is 11.4 Å². The van der Waals surface area contributed by atoms with Crippen molar-refractivity contribution in [1.82, 2.24) is 4.90 Å². The average Bonchev–Trinajstić information content (AvgIpc) is 2.86. The summed E-state index contributed by atoms with van der Waals surface area (Å²) in [5, 5.41) is 44.7. The maximum Gasteiger partial charge on any atom is 0.230 e. The van der Waals surface area contributed by atoms with E-state index in [2.05, 4.69) is 0 Å². The number of primary amides is 1. The largest absolute Gasteiger partial charge is 0.507 e. The number of carbonyl (C=O) groups excluding carboxylic acids is 4. The lowest BCUT2D eigenvalue weighted by Gasteiger charge is -2.53. The summed E-state index contributed by atoms with van der Waals surface area (Å²) in [5.41, 5.74) is 4.76. The number of amides is 1. The summed E-state index contributed by atoms with van der Waals surface area (Å²) >= 11 is 0. The second-order valence-corrected chi connectivity index (χ2v) is 10.5. The number of hydrogen-bond acceptors (Lipinski definition) is 9. The summed E-state index contributed by atoms with van der Waals surface area (Å²) in [6.45, 7) is 0. The number of ketones is 2. The van der Waals surface area contributed by atoms with E-state index in [1.807, 2.05) is 0 Å². The van der Waals surface area contributed by atoms with Gasteiger partial charge in [0.2, 0.25) is 11.7 Å². The highest BCUT2D eigenvalue weighted by atomic mass is 16.3. The van der Waals surface area contributed by atoms with Crippen molar-refractivity contribution in [2.75, 3.05) is 14.1 Å². The number of hydrogen-bond donors (Lipinski definition) is 5. The third-order valence-electron chi connectivity index (χ3n) is 8.31. The van der Waals surface area contributed by atoms with Gasteiger partial charge in [0.1, 0.15) is 23.7 Å². The molecule has 38 heavy (non-hydrogen) atoms. The van der Waals surface area contributed by atoms with Crippen LogP contribution in [-0.2, 0) is 20.8 Å². The Bertz CT molecular complexity index is 1430. The first-order valence-electron chi connectivity index (χ1n) is 12.2. The molecule has 2 unspecified atom stereocenters. The molecule has 198 valence electrons. The molecule has 0 spiro atoms. The predicted octanol–water partition coefficient (Wildman–Crippen LogP) is 0.609. The van der Waals surface area contributed by atoms with Crippen molar-refractivity contribution in [2.24, 2.45) is 23.5 Å². The summed E-state index contributed by atoms with van der Waals surface area (Å²) in [6.07, 6.45) is -0.639. The van der Waals surface area contributed by atoms with Gasteiger partial charge in [-0.15, -0.1) is 0 Å². The normalized spacial score (nSPS) is 30.5. The molecule has 0 radical (unpaired) electrons. The second-order valence-electron chi connectivity index (χ2n) is 10.5. The molecule has 2 saturated carbocycles. The maximum atomic E-state index is 13.9. The van der Waals surface area contributed by atoms with Crippen LogP contribution in [0.1, 0.15) is 27.9 Å². The van der Waals surface area contributed by atoms with E-state index in [4.69, 9.17) is 5.73 Å². The molecule has 0 saturated heterocycles. The number of Topliss-reactive ketones (excluding diaryl/α,β-unsaturated/α-hetero) is 2. The minimum Gasteiger partial charge on any atom is -0.507 e. The lowest BCUT2D eigenvalue weighted by Crippen LogP contribution is -2.73. The summed E-state index contributed by atoms with van der Waals surface area (Å²) in [6, 6.07) is 8.86. The van der Waals surface area contributed by atoms with Crippen LogP contribution >= 0.6 is 0 Å². The van der Waals surface area contributed by atoms with Crippen LogP contribution < -0.4 is 5.73 Å². The van der Waals surface area contributed by atoms with Gasteiger partial charge < -0.3 is 31.1 Å². The quantitative estimate of drug-likeness (QED) is 0.285. The number of nitrogens with zero attached hydrogens (tertiary/aromatic N) is 1. The van der Waals surface area contributed by atoms with Crippen LogP contribution in [0.15, 0.2) is 42.0 Å². The van der Waals surface area contributed by atoms with Gasteiger partial charge in [-0.1, -0.05) is 24.3 Å². The number of likely N-dealkylation sites (N-methyl/N-ethyl adjacent to an activating group) is 1. The fourth-order valence-corrected chi connectivity index (χ4v) is 6.65. The zero-order valence-electron chi connectivity index (χ0n) is 20.8. The summed E-state index contributed by atoms with van der Waals surface area (Å²) < 4.78 is 0. The molecule has 3 aliphatic rings.